The van der Waals surface area contributed by atoms with E-state index in [1.807, 2.05) is 13.8 Å². The van der Waals surface area contributed by atoms with E-state index in [0.717, 1.165) is 19.3 Å². The normalized spacial score (nSPS) is 18.8. The number of rotatable bonds is 6. The van der Waals surface area contributed by atoms with Gasteiger partial charge in [-0.25, -0.2) is 0 Å². The van der Waals surface area contributed by atoms with Crippen molar-refractivity contribution in [2.45, 2.75) is 58.7 Å². The predicted octanol–water partition coefficient (Wildman–Crippen LogP) is 2.35. The molecule has 0 aromatic heterocycles. The van der Waals surface area contributed by atoms with Crippen molar-refractivity contribution in [3.63, 3.8) is 0 Å². The molecule has 0 saturated heterocycles. The van der Waals surface area contributed by atoms with Gasteiger partial charge in [-0.15, -0.1) is 0 Å². The molecule has 0 aliphatic heterocycles. The highest BCUT2D eigenvalue weighted by atomic mass is 16.5. The van der Waals surface area contributed by atoms with Crippen LogP contribution in [-0.4, -0.2) is 23.4 Å². The van der Waals surface area contributed by atoms with E-state index < -0.39 is 5.60 Å². The summed E-state index contributed by atoms with van der Waals surface area (Å²) >= 11 is 0. The van der Waals surface area contributed by atoms with Crippen LogP contribution in [0.1, 0.15) is 47.0 Å². The number of aliphatic hydroxyl groups is 1. The summed E-state index contributed by atoms with van der Waals surface area (Å²) in [6, 6.07) is 0. The van der Waals surface area contributed by atoms with Gasteiger partial charge in [0.15, 0.2) is 0 Å². The summed E-state index contributed by atoms with van der Waals surface area (Å²) in [5.41, 5.74) is -0.548. The van der Waals surface area contributed by atoms with E-state index in [2.05, 4.69) is 13.8 Å². The molecule has 0 bridgehead atoms. The largest absolute Gasteiger partial charge is 0.390 e. The maximum atomic E-state index is 9.63. The standard InChI is InChI=1S/C10H22O2/c1-5-9(3)12-8-7-10(4,11)6-2/h9,11H,5-8H2,1-4H3/t9-,10?/m0/s1. The molecule has 0 saturated carbocycles. The minimum Gasteiger partial charge on any atom is -0.390 e. The van der Waals surface area contributed by atoms with Gasteiger partial charge in [-0.05, 0) is 33.1 Å². The van der Waals surface area contributed by atoms with Crippen LogP contribution in [0.4, 0.5) is 0 Å². The Morgan fingerprint density at radius 1 is 1.42 bits per heavy atom. The molecule has 0 fully saturated rings. The highest BCUT2D eigenvalue weighted by molar-refractivity contribution is 4.69. The molecule has 1 N–H and O–H groups in total. The maximum Gasteiger partial charge on any atom is 0.0639 e. The molecule has 12 heavy (non-hydrogen) atoms. The fourth-order valence-corrected chi connectivity index (χ4v) is 0.775. The van der Waals surface area contributed by atoms with Gasteiger partial charge in [0.1, 0.15) is 0 Å². The zero-order chi connectivity index (χ0) is 9.61. The summed E-state index contributed by atoms with van der Waals surface area (Å²) in [7, 11) is 0. The average molecular weight is 174 g/mol. The van der Waals surface area contributed by atoms with Gasteiger partial charge < -0.3 is 9.84 Å². The van der Waals surface area contributed by atoms with Crippen molar-refractivity contribution in [2.24, 2.45) is 0 Å². The highest BCUT2D eigenvalue weighted by Gasteiger charge is 2.16. The van der Waals surface area contributed by atoms with Crippen LogP contribution in [0.3, 0.4) is 0 Å². The second-order valence-electron chi connectivity index (χ2n) is 3.69. The van der Waals surface area contributed by atoms with Gasteiger partial charge in [0.2, 0.25) is 0 Å². The van der Waals surface area contributed by atoms with Crippen LogP contribution in [-0.2, 0) is 4.74 Å². The Hall–Kier alpha value is -0.0800. The van der Waals surface area contributed by atoms with Crippen LogP contribution in [0, 0.1) is 0 Å². The van der Waals surface area contributed by atoms with Crippen LogP contribution in [0.15, 0.2) is 0 Å². The molecule has 0 aromatic rings. The Morgan fingerprint density at radius 3 is 2.42 bits per heavy atom. The van der Waals surface area contributed by atoms with Crippen molar-refractivity contribution in [1.82, 2.24) is 0 Å². The number of hydrogen-bond donors (Lipinski definition) is 1. The Balaban J connectivity index is 3.42. The van der Waals surface area contributed by atoms with E-state index in [0.29, 0.717) is 12.7 Å². The van der Waals surface area contributed by atoms with E-state index in [1.165, 1.54) is 0 Å². The lowest BCUT2D eigenvalue weighted by atomic mass is 10.0. The first-order chi connectivity index (χ1) is 5.52. The van der Waals surface area contributed by atoms with Crippen molar-refractivity contribution in [2.75, 3.05) is 6.61 Å². The molecule has 0 heterocycles. The first-order valence-corrected chi connectivity index (χ1v) is 4.85. The molecule has 74 valence electrons. The molecular formula is C10H22O2. The van der Waals surface area contributed by atoms with Crippen molar-refractivity contribution in [3.8, 4) is 0 Å². The van der Waals surface area contributed by atoms with Gasteiger partial charge in [0.25, 0.3) is 0 Å². The maximum absolute atomic E-state index is 9.63. The fraction of sp³-hybridized carbons (Fsp3) is 1.00. The van der Waals surface area contributed by atoms with Gasteiger partial charge in [0.05, 0.1) is 11.7 Å². The topological polar surface area (TPSA) is 29.5 Å². The Bertz CT molecular complexity index is 110. The summed E-state index contributed by atoms with van der Waals surface area (Å²) in [5, 5.41) is 9.63. The van der Waals surface area contributed by atoms with Crippen LogP contribution < -0.4 is 0 Å². The molecule has 0 spiro atoms. The molecule has 0 radical (unpaired) electrons. The lowest BCUT2D eigenvalue weighted by molar-refractivity contribution is -0.00855. The SMILES string of the molecule is CC[C@H](C)OCCC(C)(O)CC. The first kappa shape index (κ1) is 11.9. The van der Waals surface area contributed by atoms with E-state index >= 15 is 0 Å². The van der Waals surface area contributed by atoms with E-state index in [-0.39, 0.29) is 0 Å². The molecule has 1 unspecified atom stereocenters. The Kier molecular flexibility index (Phi) is 5.51. The van der Waals surface area contributed by atoms with Gasteiger partial charge >= 0.3 is 0 Å². The fourth-order valence-electron chi connectivity index (χ4n) is 0.775. The van der Waals surface area contributed by atoms with E-state index in [1.54, 1.807) is 0 Å². The average Bonchev–Trinajstić information content (AvgIpc) is 2.04. The first-order valence-electron chi connectivity index (χ1n) is 4.85. The zero-order valence-electron chi connectivity index (χ0n) is 8.76. The van der Waals surface area contributed by atoms with Gasteiger partial charge in [-0.1, -0.05) is 13.8 Å². The second-order valence-corrected chi connectivity index (χ2v) is 3.69. The van der Waals surface area contributed by atoms with Crippen LogP contribution in [0.5, 0.6) is 0 Å². The monoisotopic (exact) mass is 174 g/mol. The van der Waals surface area contributed by atoms with E-state index in [9.17, 15) is 5.11 Å². The Labute approximate surface area is 75.9 Å². The smallest absolute Gasteiger partial charge is 0.0639 e. The zero-order valence-corrected chi connectivity index (χ0v) is 8.76. The summed E-state index contributed by atoms with van der Waals surface area (Å²) in [4.78, 5) is 0. The molecule has 2 atom stereocenters. The summed E-state index contributed by atoms with van der Waals surface area (Å²) in [6.45, 7) is 8.66. The highest BCUT2D eigenvalue weighted by Crippen LogP contribution is 2.13. The lowest BCUT2D eigenvalue weighted by Crippen LogP contribution is -2.25. The number of hydrogen-bond acceptors (Lipinski definition) is 2. The molecule has 0 rings (SSSR count). The van der Waals surface area contributed by atoms with Gasteiger partial charge in [-0.2, -0.15) is 0 Å². The van der Waals surface area contributed by atoms with Crippen LogP contribution in [0.2, 0.25) is 0 Å². The van der Waals surface area contributed by atoms with Crippen molar-refractivity contribution in [3.05, 3.63) is 0 Å². The third kappa shape index (κ3) is 5.56. The quantitative estimate of drug-likeness (QED) is 0.669. The molecule has 2 heteroatoms. The molecular weight excluding hydrogens is 152 g/mol. The lowest BCUT2D eigenvalue weighted by Gasteiger charge is -2.21. The Morgan fingerprint density at radius 2 is 2.00 bits per heavy atom. The minimum atomic E-state index is -0.548. The molecule has 0 aliphatic rings. The van der Waals surface area contributed by atoms with Crippen LogP contribution >= 0.6 is 0 Å². The van der Waals surface area contributed by atoms with Gasteiger partial charge in [-0.3, -0.25) is 0 Å². The second kappa shape index (κ2) is 5.55. The summed E-state index contributed by atoms with van der Waals surface area (Å²) in [6.07, 6.45) is 2.87. The third-order valence-corrected chi connectivity index (χ3v) is 2.38. The van der Waals surface area contributed by atoms with Gasteiger partial charge in [0, 0.05) is 6.61 Å². The molecule has 0 amide bonds. The third-order valence-electron chi connectivity index (χ3n) is 2.38. The summed E-state index contributed by atoms with van der Waals surface area (Å²) in [5.74, 6) is 0. The molecule has 0 aliphatic carbocycles. The van der Waals surface area contributed by atoms with Crippen molar-refractivity contribution < 1.29 is 9.84 Å². The van der Waals surface area contributed by atoms with E-state index in [4.69, 9.17) is 4.74 Å². The summed E-state index contributed by atoms with van der Waals surface area (Å²) < 4.78 is 5.47. The molecule has 0 aromatic carbocycles. The van der Waals surface area contributed by atoms with Crippen molar-refractivity contribution in [1.29, 1.82) is 0 Å². The predicted molar refractivity (Wildman–Crippen MR) is 51.2 cm³/mol. The number of ether oxygens (including phenoxy) is 1. The molecule has 2 nitrogen and oxygen atoms in total. The van der Waals surface area contributed by atoms with Crippen LogP contribution in [0.25, 0.3) is 0 Å². The van der Waals surface area contributed by atoms with Crippen molar-refractivity contribution >= 4 is 0 Å². The minimum absolute atomic E-state index is 0.317.